The van der Waals surface area contributed by atoms with E-state index in [1.165, 1.54) is 0 Å². The van der Waals surface area contributed by atoms with Crippen molar-refractivity contribution in [3.8, 4) is 0 Å². The summed E-state index contributed by atoms with van der Waals surface area (Å²) in [6.07, 6.45) is 0. The van der Waals surface area contributed by atoms with Crippen LogP contribution in [0.3, 0.4) is 0 Å². The van der Waals surface area contributed by atoms with Crippen LogP contribution in [0.15, 0.2) is 24.3 Å². The van der Waals surface area contributed by atoms with Gasteiger partial charge in [0.15, 0.2) is 0 Å². The van der Waals surface area contributed by atoms with Gasteiger partial charge in [0.05, 0.1) is 0 Å². The van der Waals surface area contributed by atoms with Crippen molar-refractivity contribution >= 4 is 17.8 Å². The van der Waals surface area contributed by atoms with Gasteiger partial charge in [0.25, 0.3) is 0 Å². The number of halogens is 6. The largest absolute Gasteiger partial charge is 0.442 e. The fourth-order valence-corrected chi connectivity index (χ4v) is 1.77. The molecule has 2 rings (SSSR count). The highest BCUT2D eigenvalue weighted by atomic mass is 19.2. The van der Waals surface area contributed by atoms with E-state index >= 15 is 0 Å². The minimum Gasteiger partial charge on any atom is -0.442 e. The first-order valence-corrected chi connectivity index (χ1v) is 5.28. The normalized spacial score (nSPS) is 10.8. The maximum atomic E-state index is 13.4. The summed E-state index contributed by atoms with van der Waals surface area (Å²) in [7, 11) is 0. The van der Waals surface area contributed by atoms with Crippen molar-refractivity contribution in [2.75, 3.05) is 0 Å². The molecule has 0 fully saturated rings. The molecule has 0 bridgehead atoms. The summed E-state index contributed by atoms with van der Waals surface area (Å²) in [6.45, 7) is -2.38. The van der Waals surface area contributed by atoms with E-state index in [2.05, 4.69) is 0 Å². The van der Waals surface area contributed by atoms with Gasteiger partial charge in [-0.15, -0.1) is 0 Å². The van der Waals surface area contributed by atoms with E-state index < -0.39 is 52.7 Å². The lowest BCUT2D eigenvalue weighted by molar-refractivity contribution is 0.532. The second kappa shape index (κ2) is 5.20. The summed E-state index contributed by atoms with van der Waals surface area (Å²) >= 11 is 0. The van der Waals surface area contributed by atoms with Gasteiger partial charge >= 0.3 is 6.92 Å². The highest BCUT2D eigenvalue weighted by Gasteiger charge is 2.31. The molecule has 0 amide bonds. The summed E-state index contributed by atoms with van der Waals surface area (Å²) < 4.78 is 79.2. The molecular formula is C12H5BF6O. The van der Waals surface area contributed by atoms with E-state index in [-0.39, 0.29) is 24.3 Å². The third-order valence-electron chi connectivity index (χ3n) is 2.63. The first-order valence-electron chi connectivity index (χ1n) is 5.28. The molecule has 1 nitrogen and oxygen atoms in total. The second-order valence-corrected chi connectivity index (χ2v) is 3.97. The zero-order valence-corrected chi connectivity index (χ0v) is 9.60. The van der Waals surface area contributed by atoms with Crippen molar-refractivity contribution in [2.24, 2.45) is 0 Å². The lowest BCUT2D eigenvalue weighted by Gasteiger charge is -2.12. The summed E-state index contributed by atoms with van der Waals surface area (Å²) in [6, 6.07) is 1.00. The molecule has 0 saturated carbocycles. The Bertz CT molecular complexity index is 571. The molecule has 2 aromatic carbocycles. The van der Waals surface area contributed by atoms with Crippen molar-refractivity contribution in [2.45, 2.75) is 0 Å². The highest BCUT2D eigenvalue weighted by molar-refractivity contribution is 6.79. The lowest BCUT2D eigenvalue weighted by Crippen LogP contribution is -2.49. The van der Waals surface area contributed by atoms with E-state index in [4.69, 9.17) is 0 Å². The lowest BCUT2D eigenvalue weighted by atomic mass is 9.55. The van der Waals surface area contributed by atoms with Gasteiger partial charge in [-0.2, -0.15) is 0 Å². The SMILES string of the molecule is OB(c1c(F)cc(F)cc1F)c1c(F)cc(F)cc1F. The Morgan fingerprint density at radius 1 is 0.600 bits per heavy atom. The number of rotatable bonds is 2. The van der Waals surface area contributed by atoms with Crippen molar-refractivity contribution in [1.29, 1.82) is 0 Å². The van der Waals surface area contributed by atoms with Gasteiger partial charge < -0.3 is 5.02 Å². The highest BCUT2D eigenvalue weighted by Crippen LogP contribution is 2.09. The predicted octanol–water partition coefficient (Wildman–Crippen LogP) is 1.62. The van der Waals surface area contributed by atoms with Gasteiger partial charge in [-0.1, -0.05) is 0 Å². The summed E-state index contributed by atoms with van der Waals surface area (Å²) in [5.41, 5.74) is -2.26. The molecule has 0 aromatic heterocycles. The van der Waals surface area contributed by atoms with Crippen LogP contribution >= 0.6 is 0 Å². The van der Waals surface area contributed by atoms with Crippen LogP contribution in [0, 0.1) is 34.9 Å². The Balaban J connectivity index is 2.61. The minimum absolute atomic E-state index is 0.251. The van der Waals surface area contributed by atoms with Crippen LogP contribution in [-0.4, -0.2) is 11.9 Å². The number of hydrogen-bond donors (Lipinski definition) is 1. The third-order valence-corrected chi connectivity index (χ3v) is 2.63. The van der Waals surface area contributed by atoms with Crippen molar-refractivity contribution in [1.82, 2.24) is 0 Å². The quantitative estimate of drug-likeness (QED) is 0.658. The van der Waals surface area contributed by atoms with Crippen LogP contribution in [0.25, 0.3) is 0 Å². The minimum atomic E-state index is -2.38. The van der Waals surface area contributed by atoms with Gasteiger partial charge in [0.2, 0.25) is 0 Å². The van der Waals surface area contributed by atoms with Crippen LogP contribution in [0.4, 0.5) is 26.3 Å². The van der Waals surface area contributed by atoms with E-state index in [0.717, 1.165) is 0 Å². The average molecular weight is 290 g/mol. The maximum Gasteiger partial charge on any atom is 0.370 e. The Morgan fingerprint density at radius 3 is 1.10 bits per heavy atom. The average Bonchev–Trinajstić information content (AvgIpc) is 2.25. The van der Waals surface area contributed by atoms with Gasteiger partial charge in [-0.25, -0.2) is 26.3 Å². The van der Waals surface area contributed by atoms with Gasteiger partial charge in [0.1, 0.15) is 34.9 Å². The molecule has 0 aliphatic heterocycles. The smallest absolute Gasteiger partial charge is 0.370 e. The molecule has 0 unspecified atom stereocenters. The molecule has 0 aliphatic carbocycles. The Morgan fingerprint density at radius 2 is 0.850 bits per heavy atom. The first-order chi connectivity index (χ1) is 9.31. The molecule has 0 radical (unpaired) electrons. The fraction of sp³-hybridized carbons (Fsp3) is 0. The molecule has 20 heavy (non-hydrogen) atoms. The zero-order valence-electron chi connectivity index (χ0n) is 9.60. The fourth-order valence-electron chi connectivity index (χ4n) is 1.77. The summed E-state index contributed by atoms with van der Waals surface area (Å²) in [5.74, 6) is -8.57. The second-order valence-electron chi connectivity index (χ2n) is 3.97. The third kappa shape index (κ3) is 2.51. The molecule has 104 valence electrons. The van der Waals surface area contributed by atoms with Crippen molar-refractivity contribution in [3.63, 3.8) is 0 Å². The molecule has 8 heteroatoms. The first kappa shape index (κ1) is 14.5. The molecular weight excluding hydrogens is 285 g/mol. The van der Waals surface area contributed by atoms with E-state index in [1.54, 1.807) is 0 Å². The standard InChI is InChI=1S/C12H5BF6O/c14-5-1-7(16)11(8(17)2-5)13(20)12-9(18)3-6(15)4-10(12)19/h1-4,20H. The predicted molar refractivity (Wildman–Crippen MR) is 59.9 cm³/mol. The van der Waals surface area contributed by atoms with E-state index in [1.807, 2.05) is 0 Å². The van der Waals surface area contributed by atoms with Crippen LogP contribution < -0.4 is 10.9 Å². The number of hydrogen-bond acceptors (Lipinski definition) is 1. The van der Waals surface area contributed by atoms with Crippen LogP contribution in [-0.2, 0) is 0 Å². The summed E-state index contributed by atoms with van der Waals surface area (Å²) in [4.78, 5) is 0. The monoisotopic (exact) mass is 290 g/mol. The van der Waals surface area contributed by atoms with Crippen LogP contribution in [0.1, 0.15) is 0 Å². The molecule has 0 heterocycles. The Labute approximate surface area is 109 Å². The molecule has 0 aliphatic rings. The van der Waals surface area contributed by atoms with Gasteiger partial charge in [-0.05, 0) is 0 Å². The van der Waals surface area contributed by atoms with Crippen molar-refractivity contribution in [3.05, 3.63) is 59.2 Å². The van der Waals surface area contributed by atoms with E-state index in [9.17, 15) is 31.4 Å². The van der Waals surface area contributed by atoms with E-state index in [0.29, 0.717) is 0 Å². The number of benzene rings is 2. The van der Waals surface area contributed by atoms with Crippen molar-refractivity contribution < 1.29 is 31.4 Å². The molecule has 1 N–H and O–H groups in total. The van der Waals surface area contributed by atoms with Gasteiger partial charge in [-0.3, -0.25) is 0 Å². The van der Waals surface area contributed by atoms with Crippen LogP contribution in [0.5, 0.6) is 0 Å². The van der Waals surface area contributed by atoms with Crippen LogP contribution in [0.2, 0.25) is 0 Å². The molecule has 2 aromatic rings. The van der Waals surface area contributed by atoms with Gasteiger partial charge in [0, 0.05) is 35.2 Å². The molecule has 0 saturated heterocycles. The Kier molecular flexibility index (Phi) is 3.76. The molecule has 0 atom stereocenters. The zero-order chi connectivity index (χ0) is 15.0. The summed E-state index contributed by atoms with van der Waals surface area (Å²) in [5, 5.41) is 9.69. The topological polar surface area (TPSA) is 20.2 Å². The molecule has 0 spiro atoms. The Hall–Kier alpha value is -1.96. The maximum absolute atomic E-state index is 13.4.